The number of aromatic nitrogens is 2. The molecule has 0 spiro atoms. The minimum atomic E-state index is -1.09. The van der Waals surface area contributed by atoms with Crippen LogP contribution in [0.25, 0.3) is 0 Å². The van der Waals surface area contributed by atoms with Crippen LogP contribution in [0.5, 0.6) is 0 Å². The van der Waals surface area contributed by atoms with Crippen LogP contribution in [0, 0.1) is 0 Å². The van der Waals surface area contributed by atoms with Gasteiger partial charge in [0.05, 0.1) is 6.42 Å². The largest absolute Gasteiger partial charge is 0.478 e. The molecule has 0 aliphatic rings. The van der Waals surface area contributed by atoms with Crippen LogP contribution in [-0.2, 0) is 17.6 Å². The fourth-order valence-corrected chi connectivity index (χ4v) is 2.16. The number of hydrogen-bond donors (Lipinski definition) is 1. The molecule has 0 saturated carbocycles. The van der Waals surface area contributed by atoms with Gasteiger partial charge in [-0.05, 0) is 23.8 Å². The highest BCUT2D eigenvalue weighted by Crippen LogP contribution is 2.20. The summed E-state index contributed by atoms with van der Waals surface area (Å²) in [5.41, 5.74) is 0.831. The molecule has 0 bridgehead atoms. The smallest absolute Gasteiger partial charge is 0.331 e. The van der Waals surface area contributed by atoms with E-state index in [1.165, 1.54) is 0 Å². The maximum Gasteiger partial charge on any atom is 0.331 e. The predicted molar refractivity (Wildman–Crippen MR) is 74.0 cm³/mol. The van der Waals surface area contributed by atoms with Gasteiger partial charge in [0.25, 0.3) is 0 Å². The van der Waals surface area contributed by atoms with E-state index < -0.39 is 5.97 Å². The molecular weight excluding hydrogens is 303 g/mol. The monoisotopic (exact) mass is 312 g/mol. The third kappa shape index (κ3) is 3.82. The van der Waals surface area contributed by atoms with E-state index >= 15 is 0 Å². The topological polar surface area (TPSA) is 76.2 Å². The quantitative estimate of drug-likeness (QED) is 0.858. The first-order chi connectivity index (χ1) is 9.44. The van der Waals surface area contributed by atoms with Gasteiger partial charge in [-0.25, -0.2) is 4.79 Å². The molecule has 0 radical (unpaired) electrons. The lowest BCUT2D eigenvalue weighted by Gasteiger charge is -1.99. The van der Waals surface area contributed by atoms with Crippen molar-refractivity contribution >= 4 is 29.2 Å². The Morgan fingerprint density at radius 2 is 1.95 bits per heavy atom. The lowest BCUT2D eigenvalue weighted by atomic mass is 10.1. The Kier molecular flexibility index (Phi) is 4.42. The fourth-order valence-electron chi connectivity index (χ4n) is 1.59. The van der Waals surface area contributed by atoms with Gasteiger partial charge in [0.15, 0.2) is 5.82 Å². The lowest BCUT2D eigenvalue weighted by molar-refractivity contribution is -0.132. The van der Waals surface area contributed by atoms with Crippen molar-refractivity contribution in [3.05, 3.63) is 57.7 Å². The number of rotatable bonds is 5. The van der Waals surface area contributed by atoms with Crippen LogP contribution in [-0.4, -0.2) is 21.2 Å². The van der Waals surface area contributed by atoms with Crippen LogP contribution in [0.2, 0.25) is 10.0 Å². The molecule has 5 nitrogen and oxygen atoms in total. The van der Waals surface area contributed by atoms with Crippen molar-refractivity contribution in [3.8, 4) is 0 Å². The van der Waals surface area contributed by atoms with Crippen LogP contribution < -0.4 is 0 Å². The maximum absolute atomic E-state index is 10.7. The second-order valence-corrected chi connectivity index (χ2v) is 5.02. The molecule has 1 N–H and O–H groups in total. The normalized spacial score (nSPS) is 10.5. The van der Waals surface area contributed by atoms with Crippen molar-refractivity contribution in [1.82, 2.24) is 10.1 Å². The summed E-state index contributed by atoms with van der Waals surface area (Å²) >= 11 is 11.8. The Labute approximate surface area is 124 Å². The van der Waals surface area contributed by atoms with E-state index in [2.05, 4.69) is 16.7 Å². The van der Waals surface area contributed by atoms with Gasteiger partial charge in [-0.15, -0.1) is 0 Å². The third-order valence-corrected chi connectivity index (χ3v) is 2.90. The van der Waals surface area contributed by atoms with E-state index in [0.29, 0.717) is 22.3 Å². The van der Waals surface area contributed by atoms with Crippen molar-refractivity contribution in [2.24, 2.45) is 0 Å². The van der Waals surface area contributed by atoms with Gasteiger partial charge in [-0.3, -0.25) is 0 Å². The van der Waals surface area contributed by atoms with Gasteiger partial charge in [-0.2, -0.15) is 4.98 Å². The van der Waals surface area contributed by atoms with Crippen LogP contribution in [0.15, 0.2) is 34.9 Å². The summed E-state index contributed by atoms with van der Waals surface area (Å²) in [5.74, 6) is -0.455. The summed E-state index contributed by atoms with van der Waals surface area (Å²) in [6, 6.07) is 5.13. The van der Waals surface area contributed by atoms with Crippen molar-refractivity contribution < 1.29 is 14.4 Å². The van der Waals surface area contributed by atoms with E-state index in [1.807, 2.05) is 0 Å². The summed E-state index contributed by atoms with van der Waals surface area (Å²) in [4.78, 5) is 14.8. The number of carboxylic acids is 1. The lowest BCUT2D eigenvalue weighted by Crippen LogP contribution is -2.02. The number of nitrogens with zero attached hydrogens (tertiary/aromatic N) is 2. The number of hydrogen-bond acceptors (Lipinski definition) is 4. The van der Waals surface area contributed by atoms with Crippen molar-refractivity contribution in [2.75, 3.05) is 0 Å². The molecule has 0 unspecified atom stereocenters. The summed E-state index contributed by atoms with van der Waals surface area (Å²) in [6.07, 6.45) is 0.405. The molecule has 0 amide bonds. The van der Waals surface area contributed by atoms with Crippen LogP contribution in [0.4, 0.5) is 0 Å². The van der Waals surface area contributed by atoms with Crippen molar-refractivity contribution in [2.45, 2.75) is 12.8 Å². The van der Waals surface area contributed by atoms with Gasteiger partial charge >= 0.3 is 5.97 Å². The number of halogens is 2. The molecule has 0 saturated heterocycles. The first-order valence-corrected chi connectivity index (χ1v) is 6.37. The fraction of sp³-hybridized carbons (Fsp3) is 0.154. The molecule has 104 valence electrons. The van der Waals surface area contributed by atoms with Crippen LogP contribution in [0.3, 0.4) is 0 Å². The van der Waals surface area contributed by atoms with Gasteiger partial charge in [0, 0.05) is 22.0 Å². The minimum absolute atomic E-state index is 0.00833. The van der Waals surface area contributed by atoms with Crippen LogP contribution >= 0.6 is 23.2 Å². The zero-order valence-electron chi connectivity index (χ0n) is 10.3. The van der Waals surface area contributed by atoms with Crippen molar-refractivity contribution in [1.29, 1.82) is 0 Å². The summed E-state index contributed by atoms with van der Waals surface area (Å²) in [7, 11) is 0. The molecule has 2 aromatic rings. The average molecular weight is 313 g/mol. The Morgan fingerprint density at radius 1 is 1.30 bits per heavy atom. The molecule has 0 aliphatic carbocycles. The second-order valence-electron chi connectivity index (χ2n) is 4.14. The van der Waals surface area contributed by atoms with E-state index in [-0.39, 0.29) is 17.9 Å². The number of aliphatic carboxylic acids is 1. The first-order valence-electron chi connectivity index (χ1n) is 5.61. The van der Waals surface area contributed by atoms with E-state index in [4.69, 9.17) is 32.8 Å². The molecule has 7 heteroatoms. The second kappa shape index (κ2) is 6.07. The zero-order chi connectivity index (χ0) is 14.7. The third-order valence-electron chi connectivity index (χ3n) is 2.46. The van der Waals surface area contributed by atoms with Gasteiger partial charge in [0.1, 0.15) is 0 Å². The Bertz CT molecular complexity index is 647. The number of benzene rings is 1. The molecule has 0 aliphatic heterocycles. The standard InChI is InChI=1S/C13H10Cl2N2O3/c1-7(13(18)19)2-12-16-11(17-20-12)5-8-3-9(14)6-10(15)4-8/h3-4,6H,1-2,5H2,(H,18,19). The summed E-state index contributed by atoms with van der Waals surface area (Å²) < 4.78 is 4.97. The molecule has 0 fully saturated rings. The molecule has 0 atom stereocenters. The zero-order valence-corrected chi connectivity index (χ0v) is 11.8. The van der Waals surface area contributed by atoms with Gasteiger partial charge in [-0.1, -0.05) is 34.9 Å². The van der Waals surface area contributed by atoms with Gasteiger partial charge in [0.2, 0.25) is 5.89 Å². The SMILES string of the molecule is C=C(Cc1nc(Cc2cc(Cl)cc(Cl)c2)no1)C(=O)O. The van der Waals surface area contributed by atoms with E-state index in [1.54, 1.807) is 18.2 Å². The maximum atomic E-state index is 10.7. The van der Waals surface area contributed by atoms with Gasteiger partial charge < -0.3 is 9.63 Å². The highest BCUT2D eigenvalue weighted by Gasteiger charge is 2.12. The van der Waals surface area contributed by atoms with Crippen molar-refractivity contribution in [3.63, 3.8) is 0 Å². The molecule has 20 heavy (non-hydrogen) atoms. The molecule has 2 rings (SSSR count). The predicted octanol–water partition coefficient (Wildman–Crippen LogP) is 3.15. The molecule has 1 aromatic carbocycles. The Hall–Kier alpha value is -1.85. The summed E-state index contributed by atoms with van der Waals surface area (Å²) in [6.45, 7) is 3.40. The highest BCUT2D eigenvalue weighted by atomic mass is 35.5. The number of carbonyl (C=O) groups is 1. The van der Waals surface area contributed by atoms with E-state index in [0.717, 1.165) is 5.56 Å². The van der Waals surface area contributed by atoms with Crippen LogP contribution in [0.1, 0.15) is 17.3 Å². The minimum Gasteiger partial charge on any atom is -0.478 e. The Balaban J connectivity index is 2.09. The Morgan fingerprint density at radius 3 is 2.55 bits per heavy atom. The molecule has 1 heterocycles. The first kappa shape index (κ1) is 14.6. The summed E-state index contributed by atoms with van der Waals surface area (Å²) in [5, 5.41) is 13.6. The van der Waals surface area contributed by atoms with E-state index in [9.17, 15) is 4.79 Å². The average Bonchev–Trinajstić information content (AvgIpc) is 2.74. The number of carboxylic acid groups (broad SMARTS) is 1. The highest BCUT2D eigenvalue weighted by molar-refractivity contribution is 6.34. The molecule has 1 aromatic heterocycles. The molecular formula is C13H10Cl2N2O3.